The number of pyridine rings is 1. The number of anilines is 1. The van der Waals surface area contributed by atoms with Crippen LogP contribution in [0.1, 0.15) is 22.9 Å². The number of rotatable bonds is 2. The molecular weight excluding hydrogens is 449 g/mol. The van der Waals surface area contributed by atoms with Gasteiger partial charge in [-0.05, 0) is 53.9 Å². The van der Waals surface area contributed by atoms with Gasteiger partial charge in [-0.2, -0.15) is 0 Å². The van der Waals surface area contributed by atoms with E-state index in [1.54, 1.807) is 23.2 Å². The zero-order valence-corrected chi connectivity index (χ0v) is 17.5. The molecule has 34 heavy (non-hydrogen) atoms. The number of carbonyl (C=O) groups is 1. The maximum atomic E-state index is 14.1. The van der Waals surface area contributed by atoms with Gasteiger partial charge in [-0.15, -0.1) is 8.78 Å². The topological polar surface area (TPSA) is 79.5 Å². The molecule has 4 aromatic rings. The van der Waals surface area contributed by atoms with Crippen LogP contribution < -0.4 is 14.8 Å². The Morgan fingerprint density at radius 1 is 1.12 bits per heavy atom. The standard InChI is InChI=1S/C24H17F3N4O3/c25-14-4-1-3-13(11-14)21-20-16(17-5-2-9-28-22(17)30-20)8-10-31(21)23(32)29-15-6-7-18-19(12-15)34-24(26,27)33-18/h1-7,9,11-12,21H,8,10H2,(H,28,30)(H,29,32). The number of nitrogens with zero attached hydrogens (tertiary/aromatic N) is 2. The van der Waals surface area contributed by atoms with Gasteiger partial charge in [0.25, 0.3) is 0 Å². The van der Waals surface area contributed by atoms with Gasteiger partial charge in [-0.25, -0.2) is 14.2 Å². The van der Waals surface area contributed by atoms with Gasteiger partial charge in [0.05, 0.1) is 6.04 Å². The lowest BCUT2D eigenvalue weighted by Crippen LogP contribution is -2.43. The van der Waals surface area contributed by atoms with Crippen LogP contribution >= 0.6 is 0 Å². The van der Waals surface area contributed by atoms with Crippen molar-refractivity contribution >= 4 is 22.8 Å². The van der Waals surface area contributed by atoms with Crippen LogP contribution in [-0.2, 0) is 6.42 Å². The molecule has 1 atom stereocenters. The van der Waals surface area contributed by atoms with Crippen molar-refractivity contribution in [3.63, 3.8) is 0 Å². The summed E-state index contributed by atoms with van der Waals surface area (Å²) in [5.74, 6) is -0.711. The number of halogens is 3. The van der Waals surface area contributed by atoms with E-state index in [-0.39, 0.29) is 17.2 Å². The molecule has 0 bridgehead atoms. The van der Waals surface area contributed by atoms with E-state index in [0.717, 1.165) is 16.6 Å². The quantitative estimate of drug-likeness (QED) is 0.426. The number of aromatic amines is 1. The third-order valence-electron chi connectivity index (χ3n) is 5.98. The van der Waals surface area contributed by atoms with Crippen LogP contribution in [0, 0.1) is 5.82 Å². The fraction of sp³-hybridized carbons (Fsp3) is 0.167. The van der Waals surface area contributed by atoms with Crippen molar-refractivity contribution in [2.75, 3.05) is 11.9 Å². The third kappa shape index (κ3) is 3.38. The fourth-order valence-electron chi connectivity index (χ4n) is 4.58. The minimum Gasteiger partial charge on any atom is -0.395 e. The van der Waals surface area contributed by atoms with Gasteiger partial charge in [-0.3, -0.25) is 0 Å². The highest BCUT2D eigenvalue weighted by Crippen LogP contribution is 2.43. The van der Waals surface area contributed by atoms with E-state index in [0.29, 0.717) is 24.2 Å². The summed E-state index contributed by atoms with van der Waals surface area (Å²) in [7, 11) is 0. The molecule has 7 nitrogen and oxygen atoms in total. The molecule has 2 amide bonds. The number of amides is 2. The molecule has 10 heteroatoms. The Morgan fingerprint density at radius 2 is 1.97 bits per heavy atom. The van der Waals surface area contributed by atoms with Crippen LogP contribution in [0.3, 0.4) is 0 Å². The van der Waals surface area contributed by atoms with Gasteiger partial charge < -0.3 is 24.7 Å². The first-order valence-electron chi connectivity index (χ1n) is 10.6. The van der Waals surface area contributed by atoms with E-state index in [1.807, 2.05) is 12.1 Å². The molecule has 0 spiro atoms. The first-order chi connectivity index (χ1) is 16.4. The van der Waals surface area contributed by atoms with Gasteiger partial charge in [0.2, 0.25) is 0 Å². The highest BCUT2D eigenvalue weighted by Gasteiger charge is 2.43. The average Bonchev–Trinajstić information content (AvgIpc) is 3.33. The first kappa shape index (κ1) is 20.4. The van der Waals surface area contributed by atoms with Crippen molar-refractivity contribution in [2.24, 2.45) is 0 Å². The summed E-state index contributed by atoms with van der Waals surface area (Å²) in [6, 6.07) is 12.8. The minimum atomic E-state index is -3.75. The number of aromatic nitrogens is 2. The summed E-state index contributed by atoms with van der Waals surface area (Å²) >= 11 is 0. The predicted molar refractivity (Wildman–Crippen MR) is 116 cm³/mol. The van der Waals surface area contributed by atoms with Crippen molar-refractivity contribution in [1.29, 1.82) is 0 Å². The molecule has 1 unspecified atom stereocenters. The molecule has 6 rings (SSSR count). The number of urea groups is 1. The maximum Gasteiger partial charge on any atom is 0.586 e. The van der Waals surface area contributed by atoms with Crippen LogP contribution in [0.5, 0.6) is 11.5 Å². The van der Waals surface area contributed by atoms with E-state index in [4.69, 9.17) is 0 Å². The van der Waals surface area contributed by atoms with E-state index in [2.05, 4.69) is 24.8 Å². The number of carbonyl (C=O) groups excluding carboxylic acids is 1. The summed E-state index contributed by atoms with van der Waals surface area (Å²) in [5, 5.41) is 3.69. The SMILES string of the molecule is O=C(Nc1ccc2c(c1)OC(F)(F)O2)N1CCc2c([nH]c3ncccc23)C1c1cccc(F)c1. The number of H-pyrrole nitrogens is 1. The van der Waals surface area contributed by atoms with Gasteiger partial charge in [0.1, 0.15) is 11.5 Å². The summed E-state index contributed by atoms with van der Waals surface area (Å²) < 4.78 is 49.7. The maximum absolute atomic E-state index is 14.1. The Morgan fingerprint density at radius 3 is 2.82 bits per heavy atom. The molecule has 2 aliphatic heterocycles. The number of hydrogen-bond acceptors (Lipinski definition) is 4. The molecule has 172 valence electrons. The fourth-order valence-corrected chi connectivity index (χ4v) is 4.58. The number of benzene rings is 2. The molecule has 2 aromatic heterocycles. The van der Waals surface area contributed by atoms with Gasteiger partial charge in [0.15, 0.2) is 11.5 Å². The summed E-state index contributed by atoms with van der Waals surface area (Å²) in [6.45, 7) is 0.352. The average molecular weight is 466 g/mol. The van der Waals surface area contributed by atoms with Crippen molar-refractivity contribution in [3.05, 3.63) is 83.4 Å². The molecule has 0 radical (unpaired) electrons. The van der Waals surface area contributed by atoms with Gasteiger partial charge >= 0.3 is 12.3 Å². The molecule has 0 fully saturated rings. The van der Waals surface area contributed by atoms with Crippen LogP contribution in [-0.4, -0.2) is 33.7 Å². The second kappa shape index (κ2) is 7.41. The molecule has 0 aliphatic carbocycles. The minimum absolute atomic E-state index is 0.117. The van der Waals surface area contributed by atoms with E-state index in [9.17, 15) is 18.0 Å². The van der Waals surface area contributed by atoms with E-state index in [1.165, 1.54) is 30.3 Å². The van der Waals surface area contributed by atoms with Crippen LogP contribution in [0.2, 0.25) is 0 Å². The molecule has 0 saturated heterocycles. The zero-order chi connectivity index (χ0) is 23.4. The highest BCUT2D eigenvalue weighted by molar-refractivity contribution is 5.91. The normalized spacial score (nSPS) is 18.1. The zero-order valence-electron chi connectivity index (χ0n) is 17.5. The van der Waals surface area contributed by atoms with Crippen LogP contribution in [0.15, 0.2) is 60.8 Å². The molecule has 4 heterocycles. The largest absolute Gasteiger partial charge is 0.586 e. The van der Waals surface area contributed by atoms with Gasteiger partial charge in [-0.1, -0.05) is 12.1 Å². The van der Waals surface area contributed by atoms with Crippen molar-refractivity contribution in [1.82, 2.24) is 14.9 Å². The van der Waals surface area contributed by atoms with Crippen molar-refractivity contribution < 1.29 is 27.4 Å². The molecule has 2 N–H and O–H groups in total. The van der Waals surface area contributed by atoms with Crippen LogP contribution in [0.25, 0.3) is 11.0 Å². The Bertz CT molecular complexity index is 1440. The lowest BCUT2D eigenvalue weighted by atomic mass is 9.93. The third-order valence-corrected chi connectivity index (χ3v) is 5.98. The van der Waals surface area contributed by atoms with E-state index >= 15 is 0 Å². The molecule has 2 aliphatic rings. The highest BCUT2D eigenvalue weighted by atomic mass is 19.3. The number of ether oxygens (including phenoxy) is 2. The second-order valence-electron chi connectivity index (χ2n) is 8.08. The lowest BCUT2D eigenvalue weighted by Gasteiger charge is -2.36. The number of alkyl halides is 2. The molecule has 2 aromatic carbocycles. The van der Waals surface area contributed by atoms with Gasteiger partial charge in [0, 0.05) is 35.6 Å². The number of nitrogens with one attached hydrogen (secondary N) is 2. The summed E-state index contributed by atoms with van der Waals surface area (Å²) in [6.07, 6.45) is -1.51. The Labute approximate surface area is 191 Å². The number of fused-ring (bicyclic) bond motifs is 4. The van der Waals surface area contributed by atoms with E-state index < -0.39 is 24.2 Å². The Balaban J connectivity index is 1.36. The Hall–Kier alpha value is -4.21. The summed E-state index contributed by atoms with van der Waals surface area (Å²) in [5.41, 5.74) is 3.31. The van der Waals surface area contributed by atoms with Crippen LogP contribution in [0.4, 0.5) is 23.7 Å². The molecular formula is C24H17F3N4O3. The number of hydrogen-bond donors (Lipinski definition) is 2. The predicted octanol–water partition coefficient (Wildman–Crippen LogP) is 5.20. The second-order valence-corrected chi connectivity index (χ2v) is 8.08. The Kier molecular flexibility index (Phi) is 4.44. The van der Waals surface area contributed by atoms with Crippen molar-refractivity contribution in [3.8, 4) is 11.5 Å². The van der Waals surface area contributed by atoms with Crippen molar-refractivity contribution in [2.45, 2.75) is 18.8 Å². The summed E-state index contributed by atoms with van der Waals surface area (Å²) in [4.78, 5) is 22.6. The molecule has 0 saturated carbocycles. The smallest absolute Gasteiger partial charge is 0.395 e. The monoisotopic (exact) mass is 466 g/mol. The first-order valence-corrected chi connectivity index (χ1v) is 10.6. The lowest BCUT2D eigenvalue weighted by molar-refractivity contribution is -0.286.